The lowest BCUT2D eigenvalue weighted by Gasteiger charge is -2.36. The molecule has 2 saturated heterocycles. The number of carbonyl (C=O) groups is 1. The van der Waals surface area contributed by atoms with Crippen molar-refractivity contribution < 1.29 is 4.79 Å². The molecule has 1 atom stereocenters. The second-order valence-electron chi connectivity index (χ2n) is 7.16. The van der Waals surface area contributed by atoms with E-state index < -0.39 is 0 Å². The maximum atomic E-state index is 12.0. The summed E-state index contributed by atoms with van der Waals surface area (Å²) in [6, 6.07) is 10.7. The van der Waals surface area contributed by atoms with E-state index in [2.05, 4.69) is 50.8 Å². The SMILES string of the molecule is Cl.Cl.Cl.O=C(NCCCCN1CCN(c2ccccc2)CC1)[C@H]1CCCCN1. The Labute approximate surface area is 188 Å². The topological polar surface area (TPSA) is 47.6 Å². The summed E-state index contributed by atoms with van der Waals surface area (Å²) in [5.41, 5.74) is 1.33. The molecule has 1 aromatic rings. The van der Waals surface area contributed by atoms with Crippen LogP contribution in [0.2, 0.25) is 0 Å². The third-order valence-corrected chi connectivity index (χ3v) is 5.32. The predicted molar refractivity (Wildman–Crippen MR) is 125 cm³/mol. The molecule has 162 valence electrons. The first-order chi connectivity index (χ1) is 12.3. The number of piperazine rings is 1. The first kappa shape index (κ1) is 27.3. The molecule has 0 aliphatic carbocycles. The summed E-state index contributed by atoms with van der Waals surface area (Å²) in [5, 5.41) is 6.39. The zero-order chi connectivity index (χ0) is 17.3. The number of unbranched alkanes of at least 4 members (excludes halogenated alkanes) is 1. The van der Waals surface area contributed by atoms with E-state index in [0.717, 1.165) is 65.1 Å². The maximum Gasteiger partial charge on any atom is 0.237 e. The summed E-state index contributed by atoms with van der Waals surface area (Å²) in [7, 11) is 0. The highest BCUT2D eigenvalue weighted by Gasteiger charge is 2.20. The lowest BCUT2D eigenvalue weighted by atomic mass is 10.0. The van der Waals surface area contributed by atoms with Crippen molar-refractivity contribution in [2.24, 2.45) is 0 Å². The van der Waals surface area contributed by atoms with Gasteiger partial charge in [-0.05, 0) is 50.9 Å². The van der Waals surface area contributed by atoms with Crippen LogP contribution >= 0.6 is 37.2 Å². The molecule has 8 heteroatoms. The molecule has 0 unspecified atom stereocenters. The molecule has 2 fully saturated rings. The number of carbonyl (C=O) groups excluding carboxylic acids is 1. The van der Waals surface area contributed by atoms with Crippen molar-refractivity contribution in [2.45, 2.75) is 38.1 Å². The molecule has 0 radical (unpaired) electrons. The Morgan fingerprint density at radius 1 is 1.00 bits per heavy atom. The molecular weight excluding hydrogens is 419 g/mol. The zero-order valence-corrected chi connectivity index (χ0v) is 18.9. The van der Waals surface area contributed by atoms with E-state index in [1.165, 1.54) is 18.5 Å². The minimum absolute atomic E-state index is 0. The number of benzene rings is 1. The van der Waals surface area contributed by atoms with Gasteiger partial charge in [0.05, 0.1) is 6.04 Å². The molecule has 28 heavy (non-hydrogen) atoms. The molecule has 2 aliphatic heterocycles. The highest BCUT2D eigenvalue weighted by Crippen LogP contribution is 2.15. The van der Waals surface area contributed by atoms with E-state index in [1.54, 1.807) is 0 Å². The van der Waals surface area contributed by atoms with E-state index in [-0.39, 0.29) is 49.2 Å². The van der Waals surface area contributed by atoms with Crippen LogP contribution in [0, 0.1) is 0 Å². The van der Waals surface area contributed by atoms with Gasteiger partial charge in [0, 0.05) is 38.4 Å². The number of anilines is 1. The quantitative estimate of drug-likeness (QED) is 0.623. The molecule has 2 heterocycles. The van der Waals surface area contributed by atoms with Crippen molar-refractivity contribution in [3.05, 3.63) is 30.3 Å². The van der Waals surface area contributed by atoms with Gasteiger partial charge in [-0.1, -0.05) is 24.6 Å². The minimum atomic E-state index is 0. The molecule has 5 nitrogen and oxygen atoms in total. The number of halogens is 3. The number of hydrogen-bond acceptors (Lipinski definition) is 4. The Balaban J connectivity index is 0.00000243. The van der Waals surface area contributed by atoms with Crippen molar-refractivity contribution in [2.75, 3.05) is 50.7 Å². The van der Waals surface area contributed by atoms with E-state index in [1.807, 2.05) is 0 Å². The largest absolute Gasteiger partial charge is 0.369 e. The van der Waals surface area contributed by atoms with Crippen molar-refractivity contribution in [1.82, 2.24) is 15.5 Å². The molecule has 0 spiro atoms. The fourth-order valence-electron chi connectivity index (χ4n) is 3.74. The van der Waals surface area contributed by atoms with Gasteiger partial charge < -0.3 is 15.5 Å². The summed E-state index contributed by atoms with van der Waals surface area (Å²) < 4.78 is 0. The molecule has 0 aromatic heterocycles. The summed E-state index contributed by atoms with van der Waals surface area (Å²) in [6.45, 7) is 7.40. The number of amides is 1. The van der Waals surface area contributed by atoms with E-state index in [0.29, 0.717) is 0 Å². The summed E-state index contributed by atoms with van der Waals surface area (Å²) >= 11 is 0. The molecule has 3 rings (SSSR count). The molecule has 2 N–H and O–H groups in total. The van der Waals surface area contributed by atoms with E-state index in [4.69, 9.17) is 0 Å². The lowest BCUT2D eigenvalue weighted by Crippen LogP contribution is -2.47. The number of hydrogen-bond donors (Lipinski definition) is 2. The van der Waals surface area contributed by atoms with Gasteiger partial charge >= 0.3 is 0 Å². The fourth-order valence-corrected chi connectivity index (χ4v) is 3.74. The van der Waals surface area contributed by atoms with Gasteiger partial charge in [0.15, 0.2) is 0 Å². The smallest absolute Gasteiger partial charge is 0.237 e. The number of para-hydroxylation sites is 1. The Kier molecular flexibility index (Phi) is 14.8. The highest BCUT2D eigenvalue weighted by atomic mass is 35.5. The van der Waals surface area contributed by atoms with Gasteiger partial charge in [-0.15, -0.1) is 37.2 Å². The number of piperidine rings is 1. The van der Waals surface area contributed by atoms with Crippen LogP contribution < -0.4 is 15.5 Å². The molecule has 0 bridgehead atoms. The Morgan fingerprint density at radius 2 is 1.71 bits per heavy atom. The molecule has 1 aromatic carbocycles. The van der Waals surface area contributed by atoms with Gasteiger partial charge in [-0.2, -0.15) is 0 Å². The number of nitrogens with zero attached hydrogens (tertiary/aromatic N) is 2. The van der Waals surface area contributed by atoms with Gasteiger partial charge in [-0.3, -0.25) is 9.69 Å². The van der Waals surface area contributed by atoms with Crippen molar-refractivity contribution in [1.29, 1.82) is 0 Å². The second kappa shape index (κ2) is 15.2. The molecule has 0 saturated carbocycles. The zero-order valence-electron chi connectivity index (χ0n) is 16.5. The van der Waals surface area contributed by atoms with Gasteiger partial charge in [0.2, 0.25) is 5.91 Å². The van der Waals surface area contributed by atoms with Crippen molar-refractivity contribution in [3.8, 4) is 0 Å². The third kappa shape index (κ3) is 8.75. The van der Waals surface area contributed by atoms with E-state index >= 15 is 0 Å². The normalized spacial score (nSPS) is 19.6. The highest BCUT2D eigenvalue weighted by molar-refractivity contribution is 5.86. The number of rotatable bonds is 7. The first-order valence-corrected chi connectivity index (χ1v) is 9.86. The Bertz CT molecular complexity index is 521. The average molecular weight is 454 g/mol. The van der Waals surface area contributed by atoms with Crippen molar-refractivity contribution >= 4 is 48.8 Å². The van der Waals surface area contributed by atoms with Crippen LogP contribution in [0.1, 0.15) is 32.1 Å². The molecular formula is C20H35Cl3N4O. The summed E-state index contributed by atoms with van der Waals surface area (Å²) in [6.07, 6.45) is 5.57. The van der Waals surface area contributed by atoms with E-state index in [9.17, 15) is 4.79 Å². The van der Waals surface area contributed by atoms with Crippen LogP contribution in [-0.4, -0.2) is 62.7 Å². The monoisotopic (exact) mass is 452 g/mol. The molecule has 1 amide bonds. The number of nitrogens with one attached hydrogen (secondary N) is 2. The maximum absolute atomic E-state index is 12.0. The van der Waals surface area contributed by atoms with Gasteiger partial charge in [0.1, 0.15) is 0 Å². The standard InChI is InChI=1S/C20H32N4O.3ClH/c25-20(19-10-4-5-11-21-19)22-12-6-7-13-23-14-16-24(17-15-23)18-8-2-1-3-9-18;;;/h1-3,8-9,19,21H,4-7,10-17H2,(H,22,25);3*1H/t19-;;;/m1.../s1. The van der Waals surface area contributed by atoms with Crippen LogP contribution in [0.4, 0.5) is 5.69 Å². The predicted octanol–water partition coefficient (Wildman–Crippen LogP) is 3.11. The van der Waals surface area contributed by atoms with Crippen LogP contribution in [0.15, 0.2) is 30.3 Å². The van der Waals surface area contributed by atoms with Gasteiger partial charge in [0.25, 0.3) is 0 Å². The lowest BCUT2D eigenvalue weighted by molar-refractivity contribution is -0.123. The Morgan fingerprint density at radius 3 is 2.36 bits per heavy atom. The third-order valence-electron chi connectivity index (χ3n) is 5.32. The second-order valence-corrected chi connectivity index (χ2v) is 7.16. The van der Waals surface area contributed by atoms with Gasteiger partial charge in [-0.25, -0.2) is 0 Å². The first-order valence-electron chi connectivity index (χ1n) is 9.86. The summed E-state index contributed by atoms with van der Waals surface area (Å²) in [5.74, 6) is 0.191. The van der Waals surface area contributed by atoms with Crippen LogP contribution in [0.3, 0.4) is 0 Å². The van der Waals surface area contributed by atoms with Crippen molar-refractivity contribution in [3.63, 3.8) is 0 Å². The fraction of sp³-hybridized carbons (Fsp3) is 0.650. The van der Waals surface area contributed by atoms with Crippen LogP contribution in [0.25, 0.3) is 0 Å². The Hall–Kier alpha value is -0.720. The minimum Gasteiger partial charge on any atom is -0.369 e. The average Bonchev–Trinajstić information content (AvgIpc) is 2.69. The van der Waals surface area contributed by atoms with Crippen LogP contribution in [-0.2, 0) is 4.79 Å². The molecule has 2 aliphatic rings. The summed E-state index contributed by atoms with van der Waals surface area (Å²) in [4.78, 5) is 17.1. The van der Waals surface area contributed by atoms with Crippen LogP contribution in [0.5, 0.6) is 0 Å².